The van der Waals surface area contributed by atoms with Gasteiger partial charge in [0.1, 0.15) is 18.3 Å². The van der Waals surface area contributed by atoms with E-state index in [0.29, 0.717) is 17.1 Å². The van der Waals surface area contributed by atoms with Crippen molar-refractivity contribution in [3.63, 3.8) is 0 Å². The molecule has 35 heavy (non-hydrogen) atoms. The van der Waals surface area contributed by atoms with Crippen LogP contribution in [-0.4, -0.2) is 50.5 Å². The van der Waals surface area contributed by atoms with Crippen molar-refractivity contribution in [2.45, 2.75) is 6.54 Å². The number of nitro groups is 1. The van der Waals surface area contributed by atoms with Crippen molar-refractivity contribution in [3.8, 4) is 5.82 Å². The zero-order valence-electron chi connectivity index (χ0n) is 19.0. The number of amides is 1. The Morgan fingerprint density at radius 3 is 2.54 bits per heavy atom. The second kappa shape index (κ2) is 9.91. The topological polar surface area (TPSA) is 136 Å². The van der Waals surface area contributed by atoms with E-state index in [-0.39, 0.29) is 28.9 Å². The minimum absolute atomic E-state index is 0.114. The Kier molecular flexibility index (Phi) is 6.58. The standard InChI is InChI=1S/C24H21N7O4/c1-29(2)20-10-9-16(12-21(20)31(34)35)22(32)18-7-3-4-8-19(18)24(33)27-13-17-6-5-11-26-23(17)30-15-25-14-28-30/h3-12,14-15H,13H2,1-2H3,(H,27,33). The molecule has 0 bridgehead atoms. The molecule has 0 atom stereocenters. The molecule has 0 fully saturated rings. The first kappa shape index (κ1) is 23.2. The maximum absolute atomic E-state index is 13.3. The molecule has 11 heteroatoms. The van der Waals surface area contributed by atoms with Crippen molar-refractivity contribution in [2.24, 2.45) is 0 Å². The van der Waals surface area contributed by atoms with Gasteiger partial charge in [-0.2, -0.15) is 5.10 Å². The van der Waals surface area contributed by atoms with Crippen LogP contribution in [-0.2, 0) is 6.54 Å². The molecule has 0 aliphatic carbocycles. The van der Waals surface area contributed by atoms with E-state index < -0.39 is 16.6 Å². The number of aromatic nitrogens is 4. The normalized spacial score (nSPS) is 10.6. The van der Waals surface area contributed by atoms with Gasteiger partial charge in [-0.05, 0) is 24.3 Å². The van der Waals surface area contributed by atoms with Crippen LogP contribution in [0.1, 0.15) is 31.8 Å². The van der Waals surface area contributed by atoms with Gasteiger partial charge in [0.2, 0.25) is 0 Å². The molecule has 176 valence electrons. The smallest absolute Gasteiger partial charge is 0.293 e. The Labute approximate surface area is 200 Å². The first-order chi connectivity index (χ1) is 16.9. The molecule has 2 aromatic carbocycles. The highest BCUT2D eigenvalue weighted by molar-refractivity contribution is 6.15. The summed E-state index contributed by atoms with van der Waals surface area (Å²) in [7, 11) is 3.36. The van der Waals surface area contributed by atoms with E-state index in [0.717, 1.165) is 0 Å². The van der Waals surface area contributed by atoms with Crippen molar-refractivity contribution >= 4 is 23.1 Å². The maximum atomic E-state index is 13.3. The number of ketones is 1. The highest BCUT2D eigenvalue weighted by Crippen LogP contribution is 2.29. The van der Waals surface area contributed by atoms with Gasteiger partial charge in [0.15, 0.2) is 11.6 Å². The van der Waals surface area contributed by atoms with Crippen LogP contribution in [0.15, 0.2) is 73.4 Å². The van der Waals surface area contributed by atoms with E-state index in [1.54, 1.807) is 49.5 Å². The average molecular weight is 471 g/mol. The van der Waals surface area contributed by atoms with Gasteiger partial charge in [0.05, 0.1) is 10.5 Å². The van der Waals surface area contributed by atoms with Gasteiger partial charge in [0, 0.05) is 49.6 Å². The van der Waals surface area contributed by atoms with Crippen molar-refractivity contribution < 1.29 is 14.5 Å². The summed E-state index contributed by atoms with van der Waals surface area (Å²) in [6.45, 7) is 0.132. The summed E-state index contributed by atoms with van der Waals surface area (Å²) in [6, 6.07) is 14.1. The molecule has 4 aromatic rings. The summed E-state index contributed by atoms with van der Waals surface area (Å²) in [5.41, 5.74) is 1.29. The lowest BCUT2D eigenvalue weighted by atomic mass is 9.97. The maximum Gasteiger partial charge on any atom is 0.293 e. The third-order valence-corrected chi connectivity index (χ3v) is 5.28. The van der Waals surface area contributed by atoms with Gasteiger partial charge in [-0.1, -0.05) is 24.3 Å². The number of anilines is 1. The Hall–Kier alpha value is -4.93. The number of carbonyl (C=O) groups is 2. The van der Waals surface area contributed by atoms with E-state index in [1.165, 1.54) is 47.7 Å². The molecular weight excluding hydrogens is 450 g/mol. The van der Waals surface area contributed by atoms with Crippen LogP contribution in [0.2, 0.25) is 0 Å². The summed E-state index contributed by atoms with van der Waals surface area (Å²) in [4.78, 5) is 47.1. The molecule has 0 aliphatic rings. The molecule has 2 heterocycles. The minimum Gasteiger partial charge on any atom is -0.372 e. The number of nitrogens with zero attached hydrogens (tertiary/aromatic N) is 6. The predicted octanol–water partition coefficient (Wildman–Crippen LogP) is 2.80. The molecule has 0 spiro atoms. The minimum atomic E-state index is -0.536. The Bertz CT molecular complexity index is 1400. The number of pyridine rings is 1. The second-order valence-corrected chi connectivity index (χ2v) is 7.74. The number of carbonyl (C=O) groups excluding carboxylic acids is 2. The molecule has 2 aromatic heterocycles. The van der Waals surface area contributed by atoms with Crippen LogP contribution >= 0.6 is 0 Å². The van der Waals surface area contributed by atoms with Crippen LogP contribution in [0.5, 0.6) is 0 Å². The van der Waals surface area contributed by atoms with Crippen molar-refractivity contribution in [2.75, 3.05) is 19.0 Å². The van der Waals surface area contributed by atoms with E-state index in [9.17, 15) is 19.7 Å². The van der Waals surface area contributed by atoms with Gasteiger partial charge in [-0.3, -0.25) is 19.7 Å². The molecule has 0 saturated heterocycles. The monoisotopic (exact) mass is 471 g/mol. The van der Waals surface area contributed by atoms with Crippen molar-refractivity contribution in [1.29, 1.82) is 0 Å². The van der Waals surface area contributed by atoms with Crippen molar-refractivity contribution in [1.82, 2.24) is 25.1 Å². The van der Waals surface area contributed by atoms with Crippen molar-refractivity contribution in [3.05, 3.63) is 106 Å². The molecular formula is C24H21N7O4. The highest BCUT2D eigenvalue weighted by atomic mass is 16.6. The molecule has 0 unspecified atom stereocenters. The number of hydrogen-bond donors (Lipinski definition) is 1. The van der Waals surface area contributed by atoms with Crippen LogP contribution in [0.4, 0.5) is 11.4 Å². The first-order valence-electron chi connectivity index (χ1n) is 10.5. The van der Waals surface area contributed by atoms with E-state index >= 15 is 0 Å². The number of rotatable bonds is 8. The van der Waals surface area contributed by atoms with Gasteiger partial charge in [-0.25, -0.2) is 14.6 Å². The van der Waals surface area contributed by atoms with Crippen LogP contribution in [0.25, 0.3) is 5.82 Å². The van der Waals surface area contributed by atoms with E-state index in [2.05, 4.69) is 20.4 Å². The lowest BCUT2D eigenvalue weighted by Crippen LogP contribution is -2.26. The van der Waals surface area contributed by atoms with Crippen LogP contribution < -0.4 is 10.2 Å². The van der Waals surface area contributed by atoms with E-state index in [4.69, 9.17) is 0 Å². The van der Waals surface area contributed by atoms with Crippen LogP contribution in [0, 0.1) is 10.1 Å². The fourth-order valence-electron chi connectivity index (χ4n) is 3.59. The summed E-state index contributed by atoms with van der Waals surface area (Å²) >= 11 is 0. The van der Waals surface area contributed by atoms with Gasteiger partial charge >= 0.3 is 0 Å². The lowest BCUT2D eigenvalue weighted by molar-refractivity contribution is -0.384. The Morgan fingerprint density at radius 1 is 1.09 bits per heavy atom. The predicted molar refractivity (Wildman–Crippen MR) is 128 cm³/mol. The Morgan fingerprint density at radius 2 is 1.86 bits per heavy atom. The van der Waals surface area contributed by atoms with Gasteiger partial charge in [0.25, 0.3) is 11.6 Å². The van der Waals surface area contributed by atoms with Crippen LogP contribution in [0.3, 0.4) is 0 Å². The summed E-state index contributed by atoms with van der Waals surface area (Å²) in [5, 5.41) is 18.4. The zero-order valence-corrected chi connectivity index (χ0v) is 19.0. The lowest BCUT2D eigenvalue weighted by Gasteiger charge is -2.14. The number of nitrogens with one attached hydrogen (secondary N) is 1. The number of hydrogen-bond acceptors (Lipinski definition) is 8. The molecule has 0 saturated carbocycles. The van der Waals surface area contributed by atoms with E-state index in [1.807, 2.05) is 0 Å². The number of nitro benzene ring substituents is 1. The molecule has 4 rings (SSSR count). The average Bonchev–Trinajstić information content (AvgIpc) is 3.41. The third-order valence-electron chi connectivity index (χ3n) is 5.28. The Balaban J connectivity index is 1.60. The molecule has 1 N–H and O–H groups in total. The summed E-state index contributed by atoms with van der Waals surface area (Å²) in [6.07, 6.45) is 4.49. The molecule has 1 amide bonds. The quantitative estimate of drug-likeness (QED) is 0.235. The SMILES string of the molecule is CN(C)c1ccc(C(=O)c2ccccc2C(=O)NCc2cccnc2-n2cncn2)cc1[N+](=O)[O-]. The third kappa shape index (κ3) is 4.88. The first-order valence-corrected chi connectivity index (χ1v) is 10.5. The highest BCUT2D eigenvalue weighted by Gasteiger charge is 2.23. The van der Waals surface area contributed by atoms with Gasteiger partial charge < -0.3 is 10.2 Å². The largest absolute Gasteiger partial charge is 0.372 e. The fraction of sp³-hybridized carbons (Fsp3) is 0.125. The molecule has 0 radical (unpaired) electrons. The summed E-state index contributed by atoms with van der Waals surface area (Å²) in [5.74, 6) is -0.446. The fourth-order valence-corrected chi connectivity index (χ4v) is 3.59. The number of benzene rings is 2. The second-order valence-electron chi connectivity index (χ2n) is 7.74. The zero-order chi connectivity index (χ0) is 24.9. The van der Waals surface area contributed by atoms with Gasteiger partial charge in [-0.15, -0.1) is 0 Å². The summed E-state index contributed by atoms with van der Waals surface area (Å²) < 4.78 is 1.49. The molecule has 11 nitrogen and oxygen atoms in total. The molecule has 0 aliphatic heterocycles.